The summed E-state index contributed by atoms with van der Waals surface area (Å²) in [5, 5.41) is 0.781. The van der Waals surface area contributed by atoms with Gasteiger partial charge in [-0.25, -0.2) is 0 Å². The molecule has 3 rings (SSSR count). The first-order valence-corrected chi connectivity index (χ1v) is 9.00. The molecule has 1 aliphatic heterocycles. The second-order valence-electron chi connectivity index (χ2n) is 6.47. The van der Waals surface area contributed by atoms with Gasteiger partial charge in [0.05, 0.1) is 39.7 Å². The van der Waals surface area contributed by atoms with Gasteiger partial charge in [0.15, 0.2) is 0 Å². The number of carbonyl (C=O) groups is 1. The fourth-order valence-electron chi connectivity index (χ4n) is 3.25. The predicted octanol–water partition coefficient (Wildman–Crippen LogP) is 1.82. The molecule has 0 aromatic heterocycles. The van der Waals surface area contributed by atoms with Crippen LogP contribution in [0.15, 0.2) is 48.5 Å². The number of rotatable bonds is 5. The minimum Gasteiger partial charge on any atom is -0.497 e. The largest absolute Gasteiger partial charge is 0.497 e. The summed E-state index contributed by atoms with van der Waals surface area (Å²) in [6.45, 7) is 4.50. The molecule has 1 aliphatic rings. The van der Waals surface area contributed by atoms with Crippen molar-refractivity contribution >= 4 is 17.5 Å². The van der Waals surface area contributed by atoms with E-state index in [1.54, 1.807) is 7.11 Å². The molecule has 132 valence electrons. The molecule has 2 aromatic carbocycles. The van der Waals surface area contributed by atoms with Crippen LogP contribution in [0.5, 0.6) is 5.75 Å². The summed E-state index contributed by atoms with van der Waals surface area (Å²) < 4.78 is 5.22. The molecule has 1 amide bonds. The third-order valence-electron chi connectivity index (χ3n) is 4.66. The molecule has 0 bridgehead atoms. The van der Waals surface area contributed by atoms with Crippen molar-refractivity contribution in [1.82, 2.24) is 4.90 Å². The fraction of sp³-hybridized carbons (Fsp3) is 0.350. The zero-order valence-electron chi connectivity index (χ0n) is 14.5. The van der Waals surface area contributed by atoms with E-state index in [1.165, 1.54) is 10.5 Å². The highest BCUT2D eigenvalue weighted by atomic mass is 35.5. The van der Waals surface area contributed by atoms with Crippen LogP contribution in [-0.2, 0) is 17.8 Å². The molecule has 5 heteroatoms. The number of halogens is 1. The van der Waals surface area contributed by atoms with Gasteiger partial charge in [0.25, 0.3) is 0 Å². The lowest BCUT2D eigenvalue weighted by molar-refractivity contribution is -0.917. The van der Waals surface area contributed by atoms with Crippen LogP contribution in [0.3, 0.4) is 0 Å². The Morgan fingerprint density at radius 2 is 1.84 bits per heavy atom. The number of carbonyl (C=O) groups excluding carboxylic acids is 1. The number of piperazine rings is 1. The average molecular weight is 360 g/mol. The van der Waals surface area contributed by atoms with Crippen LogP contribution in [-0.4, -0.2) is 44.1 Å². The first-order valence-electron chi connectivity index (χ1n) is 8.63. The summed E-state index contributed by atoms with van der Waals surface area (Å²) in [7, 11) is 1.64. The van der Waals surface area contributed by atoms with Crippen molar-refractivity contribution in [2.45, 2.75) is 13.0 Å². The van der Waals surface area contributed by atoms with Crippen molar-refractivity contribution in [2.75, 3.05) is 33.3 Å². The minimum absolute atomic E-state index is 0.190. The van der Waals surface area contributed by atoms with Gasteiger partial charge < -0.3 is 14.5 Å². The average Bonchev–Trinajstić information content (AvgIpc) is 2.62. The summed E-state index contributed by atoms with van der Waals surface area (Å²) in [5.74, 6) is 0.983. The molecule has 0 radical (unpaired) electrons. The van der Waals surface area contributed by atoms with Crippen molar-refractivity contribution in [1.29, 1.82) is 0 Å². The molecule has 2 aromatic rings. The van der Waals surface area contributed by atoms with Crippen molar-refractivity contribution in [3.8, 4) is 5.75 Å². The molecular formula is C20H24ClN2O2+. The second-order valence-corrected chi connectivity index (χ2v) is 6.90. The predicted molar refractivity (Wildman–Crippen MR) is 99.1 cm³/mol. The normalized spacial score (nSPS) is 15.2. The van der Waals surface area contributed by atoms with E-state index in [9.17, 15) is 4.79 Å². The summed E-state index contributed by atoms with van der Waals surface area (Å²) in [4.78, 5) is 16.0. The van der Waals surface area contributed by atoms with Gasteiger partial charge in [0, 0.05) is 10.6 Å². The molecule has 1 N–H and O–H groups in total. The first-order chi connectivity index (χ1) is 12.1. The molecule has 4 nitrogen and oxygen atoms in total. The molecule has 1 fully saturated rings. The smallest absolute Gasteiger partial charge is 0.227 e. The first kappa shape index (κ1) is 17.8. The molecule has 0 spiro atoms. The van der Waals surface area contributed by atoms with E-state index in [-0.39, 0.29) is 5.91 Å². The number of nitrogens with one attached hydrogen (secondary N) is 1. The fourth-order valence-corrected chi connectivity index (χ4v) is 3.47. The third-order valence-corrected chi connectivity index (χ3v) is 4.89. The van der Waals surface area contributed by atoms with Crippen LogP contribution in [0.1, 0.15) is 11.1 Å². The van der Waals surface area contributed by atoms with Crippen molar-refractivity contribution < 1.29 is 14.4 Å². The van der Waals surface area contributed by atoms with Crippen LogP contribution in [0.25, 0.3) is 0 Å². The monoisotopic (exact) mass is 359 g/mol. The summed E-state index contributed by atoms with van der Waals surface area (Å²) in [6.07, 6.45) is 0.431. The van der Waals surface area contributed by atoms with E-state index in [0.717, 1.165) is 49.1 Å². The summed E-state index contributed by atoms with van der Waals surface area (Å²) in [6, 6.07) is 15.7. The Bertz CT molecular complexity index is 727. The number of ether oxygens (including phenoxy) is 1. The molecule has 0 aliphatic carbocycles. The summed E-state index contributed by atoms with van der Waals surface area (Å²) in [5.41, 5.74) is 2.25. The maximum Gasteiger partial charge on any atom is 0.227 e. The molecule has 1 heterocycles. The minimum atomic E-state index is 0.190. The second kappa shape index (κ2) is 8.37. The van der Waals surface area contributed by atoms with Crippen LogP contribution in [0.4, 0.5) is 0 Å². The number of hydrogen-bond acceptors (Lipinski definition) is 2. The highest BCUT2D eigenvalue weighted by molar-refractivity contribution is 6.30. The van der Waals surface area contributed by atoms with Gasteiger partial charge in [0.1, 0.15) is 12.3 Å². The zero-order chi connectivity index (χ0) is 17.6. The van der Waals surface area contributed by atoms with Gasteiger partial charge in [-0.3, -0.25) is 4.79 Å². The summed E-state index contributed by atoms with van der Waals surface area (Å²) >= 11 is 6.05. The SMILES string of the molecule is COc1cccc(CC(=O)N2CC[NH+](Cc3cccc(Cl)c3)CC2)c1. The topological polar surface area (TPSA) is 34.0 Å². The van der Waals surface area contributed by atoms with Crippen LogP contribution >= 0.6 is 11.6 Å². The number of benzene rings is 2. The lowest BCUT2D eigenvalue weighted by Crippen LogP contribution is -3.13. The quantitative estimate of drug-likeness (QED) is 0.883. The number of methoxy groups -OCH3 is 1. The van der Waals surface area contributed by atoms with Gasteiger partial charge in [-0.2, -0.15) is 0 Å². The van der Waals surface area contributed by atoms with Gasteiger partial charge in [-0.1, -0.05) is 35.9 Å². The van der Waals surface area contributed by atoms with Crippen LogP contribution < -0.4 is 9.64 Å². The molecule has 0 saturated carbocycles. The maximum absolute atomic E-state index is 12.5. The van der Waals surface area contributed by atoms with E-state index in [1.807, 2.05) is 47.4 Å². The van der Waals surface area contributed by atoms with E-state index in [0.29, 0.717) is 6.42 Å². The maximum atomic E-state index is 12.5. The van der Waals surface area contributed by atoms with Crippen molar-refractivity contribution in [2.24, 2.45) is 0 Å². The van der Waals surface area contributed by atoms with Crippen molar-refractivity contribution in [3.05, 3.63) is 64.7 Å². The van der Waals surface area contributed by atoms with Gasteiger partial charge >= 0.3 is 0 Å². The molecule has 0 unspecified atom stereocenters. The van der Waals surface area contributed by atoms with Crippen LogP contribution in [0, 0.1) is 0 Å². The van der Waals surface area contributed by atoms with E-state index >= 15 is 0 Å². The molecule has 25 heavy (non-hydrogen) atoms. The Balaban J connectivity index is 1.50. The van der Waals surface area contributed by atoms with E-state index < -0.39 is 0 Å². The Labute approximate surface area is 154 Å². The number of quaternary nitrogens is 1. The lowest BCUT2D eigenvalue weighted by Gasteiger charge is -2.32. The zero-order valence-corrected chi connectivity index (χ0v) is 15.3. The highest BCUT2D eigenvalue weighted by Crippen LogP contribution is 2.14. The Morgan fingerprint density at radius 3 is 2.56 bits per heavy atom. The molecular weight excluding hydrogens is 336 g/mol. The third kappa shape index (κ3) is 4.97. The van der Waals surface area contributed by atoms with Crippen LogP contribution in [0.2, 0.25) is 5.02 Å². The Hall–Kier alpha value is -2.04. The van der Waals surface area contributed by atoms with E-state index in [4.69, 9.17) is 16.3 Å². The van der Waals surface area contributed by atoms with Gasteiger partial charge in [-0.15, -0.1) is 0 Å². The Kier molecular flexibility index (Phi) is 5.95. The lowest BCUT2D eigenvalue weighted by atomic mass is 10.1. The molecule has 0 atom stereocenters. The number of amides is 1. The highest BCUT2D eigenvalue weighted by Gasteiger charge is 2.23. The van der Waals surface area contributed by atoms with E-state index in [2.05, 4.69) is 6.07 Å². The van der Waals surface area contributed by atoms with Crippen molar-refractivity contribution in [3.63, 3.8) is 0 Å². The molecule has 1 saturated heterocycles. The Morgan fingerprint density at radius 1 is 1.12 bits per heavy atom. The van der Waals surface area contributed by atoms with Gasteiger partial charge in [-0.05, 0) is 29.8 Å². The standard InChI is InChI=1S/C20H23ClN2O2/c1-25-19-7-3-4-16(13-19)14-20(24)23-10-8-22(9-11-23)15-17-5-2-6-18(21)12-17/h2-7,12-13H,8-11,14-15H2,1H3/p+1. The number of nitrogens with zero attached hydrogens (tertiary/aromatic N) is 1. The van der Waals surface area contributed by atoms with Gasteiger partial charge in [0.2, 0.25) is 5.91 Å². The number of hydrogen-bond donors (Lipinski definition) is 1.